The fourth-order valence-corrected chi connectivity index (χ4v) is 4.85. The average Bonchev–Trinajstić information content (AvgIpc) is 2.91. The zero-order chi connectivity index (χ0) is 28.9. The van der Waals surface area contributed by atoms with E-state index in [-0.39, 0.29) is 36.5 Å². The highest BCUT2D eigenvalue weighted by Crippen LogP contribution is 2.22. The van der Waals surface area contributed by atoms with Gasteiger partial charge in [-0.2, -0.15) is 0 Å². The summed E-state index contributed by atoms with van der Waals surface area (Å²) in [5, 5.41) is 8.59. The third-order valence-corrected chi connectivity index (χ3v) is 7.75. The molecule has 0 unspecified atom stereocenters. The van der Waals surface area contributed by atoms with Crippen molar-refractivity contribution < 1.29 is 23.9 Å². The summed E-state index contributed by atoms with van der Waals surface area (Å²) in [7, 11) is 0. The van der Waals surface area contributed by atoms with Gasteiger partial charge >= 0.3 is 5.97 Å². The van der Waals surface area contributed by atoms with Crippen LogP contribution in [-0.2, 0) is 30.3 Å². The van der Waals surface area contributed by atoms with Crippen molar-refractivity contribution in [2.45, 2.75) is 117 Å². The Bertz CT molecular complexity index is 935. The molecular formula is C31H49N3O5. The monoisotopic (exact) mass is 543 g/mol. The van der Waals surface area contributed by atoms with E-state index < -0.39 is 42.0 Å². The maximum absolute atomic E-state index is 13.6. The molecule has 0 spiro atoms. The van der Waals surface area contributed by atoms with Crippen LogP contribution in [0.1, 0.15) is 92.1 Å². The number of esters is 1. The first-order chi connectivity index (χ1) is 18.6. The molecule has 3 amide bonds. The number of hydrogen-bond acceptors (Lipinski definition) is 5. The Hall–Kier alpha value is -2.90. The highest BCUT2D eigenvalue weighted by Gasteiger charge is 2.36. The second kappa shape index (κ2) is 16.3. The summed E-state index contributed by atoms with van der Waals surface area (Å²) < 4.78 is 5.99. The van der Waals surface area contributed by atoms with Crippen LogP contribution in [0.15, 0.2) is 30.3 Å². The van der Waals surface area contributed by atoms with Crippen molar-refractivity contribution >= 4 is 23.7 Å². The number of unbranched alkanes of at least 4 members (excludes halogenated alkanes) is 3. The first-order valence-electron chi connectivity index (χ1n) is 14.7. The van der Waals surface area contributed by atoms with E-state index >= 15 is 0 Å². The summed E-state index contributed by atoms with van der Waals surface area (Å²) in [5.41, 5.74) is 0.868. The van der Waals surface area contributed by atoms with Gasteiger partial charge in [-0.1, -0.05) is 104 Å². The smallest absolute Gasteiger partial charge is 0.329 e. The Morgan fingerprint density at radius 2 is 1.51 bits per heavy atom. The third-order valence-electron chi connectivity index (χ3n) is 7.75. The van der Waals surface area contributed by atoms with E-state index in [4.69, 9.17) is 4.74 Å². The minimum Gasteiger partial charge on any atom is -0.460 e. The van der Waals surface area contributed by atoms with Gasteiger partial charge in [-0.3, -0.25) is 14.4 Å². The number of carbonyl (C=O) groups is 4. The van der Waals surface area contributed by atoms with Crippen molar-refractivity contribution in [2.24, 2.45) is 17.8 Å². The standard InChI is InChI=1S/C31H49N3O5/c1-7-9-10-12-15-22(6)25-19-26(35)33-27(20(3)4)30(37)32-24(18-23-16-13-11-14-17-23)29(36)34-28(21(5)8-2)31(38)39-25/h11,13-14,16-17,20-22,24-25,27-28H,7-10,12,15,18-19H2,1-6H3,(H,32,37)(H,33,35)(H,34,36)/t21-,22+,24-,25+,27-,28-/m1/s1. The van der Waals surface area contributed by atoms with Gasteiger partial charge < -0.3 is 20.7 Å². The Kier molecular flexibility index (Phi) is 13.5. The molecule has 1 aliphatic rings. The van der Waals surface area contributed by atoms with Crippen molar-refractivity contribution in [3.63, 3.8) is 0 Å². The Morgan fingerprint density at radius 3 is 2.13 bits per heavy atom. The molecule has 0 aromatic heterocycles. The van der Waals surface area contributed by atoms with Gasteiger partial charge in [-0.05, 0) is 29.7 Å². The third kappa shape index (κ3) is 10.3. The quantitative estimate of drug-likeness (QED) is 0.284. The highest BCUT2D eigenvalue weighted by atomic mass is 16.5. The van der Waals surface area contributed by atoms with Gasteiger partial charge in [-0.25, -0.2) is 4.79 Å². The lowest BCUT2D eigenvalue weighted by Gasteiger charge is -2.29. The molecule has 0 aliphatic carbocycles. The number of carbonyl (C=O) groups excluding carboxylic acids is 4. The van der Waals surface area contributed by atoms with Gasteiger partial charge in [0, 0.05) is 6.42 Å². The van der Waals surface area contributed by atoms with Crippen molar-refractivity contribution in [3.8, 4) is 0 Å². The molecule has 218 valence electrons. The van der Waals surface area contributed by atoms with Crippen LogP contribution in [0, 0.1) is 17.8 Å². The van der Waals surface area contributed by atoms with Crippen LogP contribution in [-0.4, -0.2) is 47.9 Å². The molecule has 1 heterocycles. The molecule has 1 fully saturated rings. The second-order valence-corrected chi connectivity index (χ2v) is 11.4. The first kappa shape index (κ1) is 32.3. The lowest BCUT2D eigenvalue weighted by molar-refractivity contribution is -0.158. The molecular weight excluding hydrogens is 494 g/mol. The number of ether oxygens (including phenoxy) is 1. The Morgan fingerprint density at radius 1 is 0.821 bits per heavy atom. The minimum atomic E-state index is -0.925. The first-order valence-corrected chi connectivity index (χ1v) is 14.7. The SMILES string of the molecule is CCCCCC[C@H](C)[C@@H]1CC(=O)N[C@H](C(C)C)C(=O)N[C@H](Cc2ccccc2)C(=O)N[C@H]([C@H](C)CC)C(=O)O1. The van der Waals surface area contributed by atoms with E-state index in [1.54, 1.807) is 0 Å². The molecule has 1 saturated heterocycles. The summed E-state index contributed by atoms with van der Waals surface area (Å²) in [6.07, 6.45) is 5.33. The van der Waals surface area contributed by atoms with E-state index in [9.17, 15) is 19.2 Å². The lowest BCUT2D eigenvalue weighted by atomic mass is 9.93. The van der Waals surface area contributed by atoms with Gasteiger partial charge in [0.15, 0.2) is 0 Å². The van der Waals surface area contributed by atoms with E-state index in [1.807, 2.05) is 65.0 Å². The molecule has 2 rings (SSSR count). The van der Waals surface area contributed by atoms with Gasteiger partial charge in [0.25, 0.3) is 0 Å². The molecule has 8 nitrogen and oxygen atoms in total. The lowest BCUT2D eigenvalue weighted by Crippen LogP contribution is -2.58. The molecule has 0 saturated carbocycles. The molecule has 6 atom stereocenters. The average molecular weight is 544 g/mol. The van der Waals surface area contributed by atoms with Crippen molar-refractivity contribution in [1.82, 2.24) is 16.0 Å². The largest absolute Gasteiger partial charge is 0.460 e. The number of amides is 3. The summed E-state index contributed by atoms with van der Waals surface area (Å²) in [6, 6.07) is 6.75. The molecule has 0 bridgehead atoms. The Labute approximate surface area is 234 Å². The molecule has 1 aliphatic heterocycles. The van der Waals surface area contributed by atoms with E-state index in [2.05, 4.69) is 22.9 Å². The zero-order valence-electron chi connectivity index (χ0n) is 24.6. The number of rotatable bonds is 11. The van der Waals surface area contributed by atoms with Crippen molar-refractivity contribution in [1.29, 1.82) is 0 Å². The number of nitrogens with one attached hydrogen (secondary N) is 3. The van der Waals surface area contributed by atoms with Gasteiger partial charge in [0.1, 0.15) is 24.2 Å². The van der Waals surface area contributed by atoms with Crippen LogP contribution in [0.25, 0.3) is 0 Å². The summed E-state index contributed by atoms with van der Waals surface area (Å²) >= 11 is 0. The van der Waals surface area contributed by atoms with Gasteiger partial charge in [-0.15, -0.1) is 0 Å². The maximum Gasteiger partial charge on any atom is 0.329 e. The zero-order valence-corrected chi connectivity index (χ0v) is 24.6. The maximum atomic E-state index is 13.6. The number of cyclic esters (lactones) is 1. The fraction of sp³-hybridized carbons (Fsp3) is 0.677. The summed E-state index contributed by atoms with van der Waals surface area (Å²) in [6.45, 7) is 11.7. The van der Waals surface area contributed by atoms with Crippen molar-refractivity contribution in [3.05, 3.63) is 35.9 Å². The summed E-state index contributed by atoms with van der Waals surface area (Å²) in [4.78, 5) is 53.7. The predicted molar refractivity (Wildman–Crippen MR) is 153 cm³/mol. The number of hydrogen-bond donors (Lipinski definition) is 3. The Balaban J connectivity index is 2.41. The minimum absolute atomic E-state index is 0.0359. The second-order valence-electron chi connectivity index (χ2n) is 11.4. The normalized spacial score (nSPS) is 24.8. The van der Waals surface area contributed by atoms with Crippen LogP contribution in [0.4, 0.5) is 0 Å². The molecule has 8 heteroatoms. The molecule has 1 aromatic carbocycles. The van der Waals surface area contributed by atoms with Gasteiger partial charge in [0.05, 0.1) is 6.42 Å². The topological polar surface area (TPSA) is 114 Å². The molecule has 1 aromatic rings. The van der Waals surface area contributed by atoms with Gasteiger partial charge in [0.2, 0.25) is 17.7 Å². The fourth-order valence-electron chi connectivity index (χ4n) is 4.85. The van der Waals surface area contributed by atoms with Crippen LogP contribution in [0.2, 0.25) is 0 Å². The van der Waals surface area contributed by atoms with Crippen LogP contribution in [0.3, 0.4) is 0 Å². The van der Waals surface area contributed by atoms with Crippen LogP contribution >= 0.6 is 0 Å². The van der Waals surface area contributed by atoms with E-state index in [0.717, 1.165) is 37.7 Å². The predicted octanol–water partition coefficient (Wildman–Crippen LogP) is 4.31. The highest BCUT2D eigenvalue weighted by molar-refractivity contribution is 5.94. The molecule has 39 heavy (non-hydrogen) atoms. The van der Waals surface area contributed by atoms with Crippen LogP contribution in [0.5, 0.6) is 0 Å². The van der Waals surface area contributed by atoms with Crippen LogP contribution < -0.4 is 16.0 Å². The molecule has 0 radical (unpaired) electrons. The van der Waals surface area contributed by atoms with E-state index in [0.29, 0.717) is 6.42 Å². The summed E-state index contributed by atoms with van der Waals surface area (Å²) in [5.74, 6) is -2.22. The molecule has 3 N–H and O–H groups in total. The number of benzene rings is 1. The van der Waals surface area contributed by atoms with E-state index in [1.165, 1.54) is 0 Å². The van der Waals surface area contributed by atoms with Crippen molar-refractivity contribution in [2.75, 3.05) is 0 Å².